The van der Waals surface area contributed by atoms with Gasteiger partial charge in [0.15, 0.2) is 0 Å². The van der Waals surface area contributed by atoms with Crippen LogP contribution in [0.4, 0.5) is 13.2 Å². The van der Waals surface area contributed by atoms with Gasteiger partial charge >= 0.3 is 6.18 Å². The molecule has 49 valence electrons. The van der Waals surface area contributed by atoms with E-state index in [1.54, 1.807) is 0 Å². The Morgan fingerprint density at radius 3 is 2.44 bits per heavy atom. The maximum atomic E-state index is 11.6. The van der Waals surface area contributed by atoms with Gasteiger partial charge in [-0.25, -0.2) is 0 Å². The molecule has 1 heterocycles. The van der Waals surface area contributed by atoms with Gasteiger partial charge in [0.05, 0.1) is 17.1 Å². The second kappa shape index (κ2) is 1.98. The van der Waals surface area contributed by atoms with Crippen LogP contribution in [0.5, 0.6) is 0 Å². The summed E-state index contributed by atoms with van der Waals surface area (Å²) in [5, 5.41) is 1.98. The molecule has 0 atom stereocenters. The highest BCUT2D eigenvalue weighted by atomic mass is 32.1. The zero-order valence-electron chi connectivity index (χ0n) is 4.07. The second-order valence-electron chi connectivity index (χ2n) is 1.34. The maximum absolute atomic E-state index is 11.6. The van der Waals surface area contributed by atoms with Crippen LogP contribution in [0.15, 0.2) is 6.20 Å². The van der Waals surface area contributed by atoms with Gasteiger partial charge in [-0.1, -0.05) is 0 Å². The lowest BCUT2D eigenvalue weighted by atomic mass is 10.4. The molecule has 0 aliphatic carbocycles. The molecule has 0 N–H and O–H groups in total. The molecule has 5 heteroatoms. The van der Waals surface area contributed by atoms with E-state index in [0.29, 0.717) is 11.5 Å². The summed E-state index contributed by atoms with van der Waals surface area (Å²) in [6.07, 6.45) is -3.53. The first-order valence-corrected chi connectivity index (χ1v) is 2.77. The summed E-state index contributed by atoms with van der Waals surface area (Å²) in [7, 11) is 0. The number of nitrogens with zero attached hydrogens (tertiary/aromatic N) is 1. The van der Waals surface area contributed by atoms with Crippen LogP contribution in [-0.4, -0.2) is 4.37 Å². The second-order valence-corrected chi connectivity index (χ2v) is 1.94. The molecule has 0 aliphatic heterocycles. The largest absolute Gasteiger partial charge is 0.419 e. The molecule has 1 radical (unpaired) electrons. The average Bonchev–Trinajstić information content (AvgIpc) is 2.08. The van der Waals surface area contributed by atoms with E-state index < -0.39 is 11.7 Å². The summed E-state index contributed by atoms with van der Waals surface area (Å²) < 4.78 is 37.9. The lowest BCUT2D eigenvalue weighted by molar-refractivity contribution is -0.137. The Labute approximate surface area is 53.3 Å². The van der Waals surface area contributed by atoms with Crippen molar-refractivity contribution in [2.24, 2.45) is 0 Å². The van der Waals surface area contributed by atoms with Crippen LogP contribution in [0.25, 0.3) is 0 Å². The van der Waals surface area contributed by atoms with Crippen LogP contribution in [0.3, 0.4) is 0 Å². The number of alkyl halides is 3. The van der Waals surface area contributed by atoms with Crippen molar-refractivity contribution in [2.75, 3.05) is 0 Å². The van der Waals surface area contributed by atoms with E-state index >= 15 is 0 Å². The molecule has 0 spiro atoms. The van der Waals surface area contributed by atoms with Crippen molar-refractivity contribution < 1.29 is 13.2 Å². The predicted molar refractivity (Wildman–Crippen MR) is 26.0 cm³/mol. The van der Waals surface area contributed by atoms with Gasteiger partial charge in [0.25, 0.3) is 0 Å². The summed E-state index contributed by atoms with van der Waals surface area (Å²) in [4.78, 5) is 0. The minimum Gasteiger partial charge on any atom is -0.200 e. The molecule has 0 unspecified atom stereocenters. The van der Waals surface area contributed by atoms with Crippen molar-refractivity contribution in [1.29, 1.82) is 0 Å². The summed E-state index contributed by atoms with van der Waals surface area (Å²) in [6.45, 7) is 0. The molecule has 0 saturated heterocycles. The van der Waals surface area contributed by atoms with Crippen LogP contribution >= 0.6 is 11.5 Å². The number of hydrogen-bond acceptors (Lipinski definition) is 2. The van der Waals surface area contributed by atoms with E-state index in [9.17, 15) is 13.2 Å². The molecule has 0 aromatic carbocycles. The molecule has 1 nitrogen and oxygen atoms in total. The molecule has 1 aromatic heterocycles. The van der Waals surface area contributed by atoms with Gasteiger partial charge in [0.2, 0.25) is 0 Å². The monoisotopic (exact) mass is 152 g/mol. The van der Waals surface area contributed by atoms with E-state index in [1.165, 1.54) is 0 Å². The quantitative estimate of drug-likeness (QED) is 0.553. The van der Waals surface area contributed by atoms with Crippen LogP contribution in [0.1, 0.15) is 5.56 Å². The Balaban J connectivity index is 2.90. The summed E-state index contributed by atoms with van der Waals surface area (Å²) in [6, 6.07) is 0. The molecule has 0 amide bonds. The van der Waals surface area contributed by atoms with E-state index in [-0.39, 0.29) is 0 Å². The average molecular weight is 152 g/mol. The molecule has 1 rings (SSSR count). The first-order chi connectivity index (χ1) is 4.11. The lowest BCUT2D eigenvalue weighted by Crippen LogP contribution is -2.02. The standard InChI is InChI=1S/C4HF3NS/c5-4(6,7)3-1-8-9-2-3/h1H. The highest BCUT2D eigenvalue weighted by Crippen LogP contribution is 2.28. The highest BCUT2D eigenvalue weighted by Gasteiger charge is 2.31. The number of rotatable bonds is 0. The molecule has 0 aliphatic rings. The van der Waals surface area contributed by atoms with Crippen molar-refractivity contribution in [1.82, 2.24) is 4.37 Å². The van der Waals surface area contributed by atoms with E-state index in [4.69, 9.17) is 0 Å². The van der Waals surface area contributed by atoms with Crippen LogP contribution in [0.2, 0.25) is 0 Å². The first-order valence-electron chi connectivity index (χ1n) is 2.00. The normalized spacial score (nSPS) is 11.9. The zero-order valence-corrected chi connectivity index (χ0v) is 4.88. The fourth-order valence-electron chi connectivity index (χ4n) is 0.312. The minimum absolute atomic E-state index is 0.671. The van der Waals surface area contributed by atoms with Gasteiger partial charge in [0.1, 0.15) is 0 Å². The SMILES string of the molecule is FC(F)(F)c1[c]snc1. The van der Waals surface area contributed by atoms with Crippen molar-refractivity contribution >= 4 is 11.5 Å². The Morgan fingerprint density at radius 1 is 1.56 bits per heavy atom. The number of hydrogen-bond donors (Lipinski definition) is 0. The van der Waals surface area contributed by atoms with E-state index in [2.05, 4.69) is 4.37 Å². The van der Waals surface area contributed by atoms with Crippen molar-refractivity contribution in [3.05, 3.63) is 17.1 Å². The summed E-state index contributed by atoms with van der Waals surface area (Å²) in [5.41, 5.74) is -0.799. The first kappa shape index (κ1) is 6.54. The third-order valence-electron chi connectivity index (χ3n) is 0.696. The minimum atomic E-state index is -4.28. The van der Waals surface area contributed by atoms with Crippen molar-refractivity contribution in [3.63, 3.8) is 0 Å². The van der Waals surface area contributed by atoms with Crippen LogP contribution in [0, 0.1) is 5.38 Å². The van der Waals surface area contributed by atoms with Gasteiger partial charge in [-0.2, -0.15) is 17.5 Å². The van der Waals surface area contributed by atoms with Crippen LogP contribution < -0.4 is 0 Å². The topological polar surface area (TPSA) is 12.9 Å². The Bertz CT molecular complexity index is 178. The molecule has 0 fully saturated rings. The molecule has 1 aromatic rings. The molecule has 0 saturated carbocycles. The summed E-state index contributed by atoms with van der Waals surface area (Å²) in [5.74, 6) is 0. The fraction of sp³-hybridized carbons (Fsp3) is 0.250. The Hall–Kier alpha value is -0.580. The third-order valence-corrected chi connectivity index (χ3v) is 1.22. The van der Waals surface area contributed by atoms with E-state index in [0.717, 1.165) is 6.20 Å². The van der Waals surface area contributed by atoms with Gasteiger partial charge in [-0.3, -0.25) is 0 Å². The van der Waals surface area contributed by atoms with Crippen molar-refractivity contribution in [2.45, 2.75) is 6.18 Å². The van der Waals surface area contributed by atoms with E-state index in [1.807, 2.05) is 5.38 Å². The molecule has 0 bridgehead atoms. The van der Waals surface area contributed by atoms with Gasteiger partial charge in [0, 0.05) is 0 Å². The molecular weight excluding hydrogens is 151 g/mol. The summed E-state index contributed by atoms with van der Waals surface area (Å²) >= 11 is 0.671. The van der Waals surface area contributed by atoms with Gasteiger partial charge in [-0.15, -0.1) is 0 Å². The molecular formula is C4HF3NS. The van der Waals surface area contributed by atoms with Gasteiger partial charge in [-0.05, 0) is 11.5 Å². The number of halogens is 3. The fourth-order valence-corrected chi connectivity index (χ4v) is 0.790. The van der Waals surface area contributed by atoms with Crippen LogP contribution in [-0.2, 0) is 6.18 Å². The Kier molecular flexibility index (Phi) is 1.44. The predicted octanol–water partition coefficient (Wildman–Crippen LogP) is 1.96. The Morgan fingerprint density at radius 2 is 2.22 bits per heavy atom. The van der Waals surface area contributed by atoms with Gasteiger partial charge < -0.3 is 0 Å². The smallest absolute Gasteiger partial charge is 0.200 e. The zero-order chi connectivity index (χ0) is 6.91. The van der Waals surface area contributed by atoms with Crippen molar-refractivity contribution in [3.8, 4) is 0 Å². The number of aromatic nitrogens is 1. The highest BCUT2D eigenvalue weighted by molar-refractivity contribution is 7.03. The molecule has 9 heavy (non-hydrogen) atoms. The maximum Gasteiger partial charge on any atom is 0.419 e. The third kappa shape index (κ3) is 1.41. The lowest BCUT2D eigenvalue weighted by Gasteiger charge is -1.98.